The van der Waals surface area contributed by atoms with Gasteiger partial charge >= 0.3 is 0 Å². The Bertz CT molecular complexity index is 701. The molecule has 0 heterocycles. The number of aryl methyl sites for hydroxylation is 1. The number of methoxy groups -OCH3 is 2. The molecule has 2 rings (SSSR count). The van der Waals surface area contributed by atoms with E-state index in [1.165, 1.54) is 5.56 Å². The van der Waals surface area contributed by atoms with E-state index in [-0.39, 0.29) is 6.04 Å². The quantitative estimate of drug-likeness (QED) is 0.702. The Kier molecular flexibility index (Phi) is 7.07. The number of ether oxygens (including phenoxy) is 2. The number of anilines is 1. The first-order valence-electron chi connectivity index (χ1n) is 8.49. The van der Waals surface area contributed by atoms with Gasteiger partial charge in [-0.25, -0.2) is 0 Å². The summed E-state index contributed by atoms with van der Waals surface area (Å²) < 4.78 is 10.7. The van der Waals surface area contributed by atoms with Crippen LogP contribution in [0.25, 0.3) is 0 Å². The Labute approximate surface area is 155 Å². The monoisotopic (exact) mass is 358 g/mol. The van der Waals surface area contributed by atoms with Crippen LogP contribution in [0.4, 0.5) is 5.69 Å². The summed E-state index contributed by atoms with van der Waals surface area (Å²) in [5.41, 5.74) is 3.39. The van der Waals surface area contributed by atoms with Gasteiger partial charge in [-0.2, -0.15) is 0 Å². The molecular weight excluding hydrogens is 332 g/mol. The highest BCUT2D eigenvalue weighted by molar-refractivity contribution is 7.80. The minimum atomic E-state index is 0.0923. The van der Waals surface area contributed by atoms with Gasteiger partial charge in [0.15, 0.2) is 16.6 Å². The fourth-order valence-electron chi connectivity index (χ4n) is 2.64. The molecule has 0 radical (unpaired) electrons. The second-order valence-electron chi connectivity index (χ2n) is 5.72. The highest BCUT2D eigenvalue weighted by Gasteiger charge is 2.14. The van der Waals surface area contributed by atoms with Crippen molar-refractivity contribution in [2.24, 2.45) is 0 Å². The first kappa shape index (κ1) is 19.1. The third kappa shape index (κ3) is 5.10. The van der Waals surface area contributed by atoms with Crippen LogP contribution in [0, 0.1) is 0 Å². The van der Waals surface area contributed by atoms with Gasteiger partial charge in [0.05, 0.1) is 20.3 Å². The average Bonchev–Trinajstić information content (AvgIpc) is 2.66. The smallest absolute Gasteiger partial charge is 0.171 e. The summed E-state index contributed by atoms with van der Waals surface area (Å²) >= 11 is 5.47. The van der Waals surface area contributed by atoms with Gasteiger partial charge in [0.25, 0.3) is 0 Å². The molecule has 5 heteroatoms. The van der Waals surface area contributed by atoms with Crippen molar-refractivity contribution in [3.63, 3.8) is 0 Å². The van der Waals surface area contributed by atoms with E-state index in [4.69, 9.17) is 21.7 Å². The molecule has 0 aliphatic rings. The number of thiocarbonyl (C=S) groups is 1. The zero-order valence-electron chi connectivity index (χ0n) is 15.3. The molecule has 25 heavy (non-hydrogen) atoms. The standard InChI is InChI=1S/C20H26N2O2S/c1-5-14-7-10-16(11-8-14)21-20(25)22-17(6-2)15-9-12-18(23-3)19(13-15)24-4/h7-13,17H,5-6H2,1-4H3,(H2,21,22,25)/t17-/m1/s1. The van der Waals surface area contributed by atoms with Crippen LogP contribution in [-0.2, 0) is 6.42 Å². The Balaban J connectivity index is 2.06. The molecule has 0 aliphatic heterocycles. The van der Waals surface area contributed by atoms with E-state index in [0.717, 1.165) is 29.8 Å². The Morgan fingerprint density at radius 1 is 1.00 bits per heavy atom. The van der Waals surface area contributed by atoms with E-state index in [9.17, 15) is 0 Å². The zero-order valence-corrected chi connectivity index (χ0v) is 16.1. The van der Waals surface area contributed by atoms with Gasteiger partial charge in [0, 0.05) is 5.69 Å². The lowest BCUT2D eigenvalue weighted by atomic mass is 10.0. The summed E-state index contributed by atoms with van der Waals surface area (Å²) in [6.07, 6.45) is 1.92. The molecule has 0 saturated heterocycles. The third-order valence-electron chi connectivity index (χ3n) is 4.14. The lowest BCUT2D eigenvalue weighted by Crippen LogP contribution is -2.32. The minimum Gasteiger partial charge on any atom is -0.493 e. The number of nitrogens with one attached hydrogen (secondary N) is 2. The minimum absolute atomic E-state index is 0.0923. The molecule has 0 fully saturated rings. The third-order valence-corrected chi connectivity index (χ3v) is 4.36. The van der Waals surface area contributed by atoms with Crippen molar-refractivity contribution in [1.82, 2.24) is 5.32 Å². The Morgan fingerprint density at radius 2 is 1.68 bits per heavy atom. The molecular formula is C20H26N2O2S. The molecule has 134 valence electrons. The molecule has 0 unspecified atom stereocenters. The van der Waals surface area contributed by atoms with E-state index in [1.807, 2.05) is 30.3 Å². The normalized spacial score (nSPS) is 11.5. The van der Waals surface area contributed by atoms with Crippen LogP contribution in [-0.4, -0.2) is 19.3 Å². The molecule has 0 aliphatic carbocycles. The fourth-order valence-corrected chi connectivity index (χ4v) is 2.90. The van der Waals surface area contributed by atoms with Gasteiger partial charge in [0.2, 0.25) is 0 Å². The van der Waals surface area contributed by atoms with Crippen LogP contribution in [0.5, 0.6) is 11.5 Å². The van der Waals surface area contributed by atoms with Crippen molar-refractivity contribution in [2.45, 2.75) is 32.7 Å². The van der Waals surface area contributed by atoms with Crippen LogP contribution in [0.1, 0.15) is 37.4 Å². The van der Waals surface area contributed by atoms with Crippen LogP contribution in [0.15, 0.2) is 42.5 Å². The molecule has 0 amide bonds. The predicted octanol–water partition coefficient (Wildman–Crippen LogP) is 4.70. The number of hydrogen-bond acceptors (Lipinski definition) is 3. The molecule has 2 aromatic rings. The maximum absolute atomic E-state index is 5.47. The Morgan fingerprint density at radius 3 is 2.24 bits per heavy atom. The largest absolute Gasteiger partial charge is 0.493 e. The summed E-state index contributed by atoms with van der Waals surface area (Å²) in [6, 6.07) is 14.3. The molecule has 2 N–H and O–H groups in total. The van der Waals surface area contributed by atoms with Crippen LogP contribution >= 0.6 is 12.2 Å². The molecule has 1 atom stereocenters. The molecule has 0 bridgehead atoms. The first-order chi connectivity index (χ1) is 12.1. The summed E-state index contributed by atoms with van der Waals surface area (Å²) in [4.78, 5) is 0. The van der Waals surface area contributed by atoms with Gasteiger partial charge in [-0.1, -0.05) is 32.0 Å². The Hall–Kier alpha value is -2.27. The van der Waals surface area contributed by atoms with Crippen LogP contribution in [0.2, 0.25) is 0 Å². The van der Waals surface area contributed by atoms with Crippen LogP contribution < -0.4 is 20.1 Å². The topological polar surface area (TPSA) is 42.5 Å². The van der Waals surface area contributed by atoms with Crippen molar-refractivity contribution < 1.29 is 9.47 Å². The van der Waals surface area contributed by atoms with E-state index < -0.39 is 0 Å². The molecule has 0 aromatic heterocycles. The molecule has 0 saturated carbocycles. The number of benzene rings is 2. The highest BCUT2D eigenvalue weighted by Crippen LogP contribution is 2.30. The summed E-state index contributed by atoms with van der Waals surface area (Å²) in [6.45, 7) is 4.26. The maximum atomic E-state index is 5.47. The lowest BCUT2D eigenvalue weighted by molar-refractivity contribution is 0.354. The van der Waals surface area contributed by atoms with E-state index in [1.54, 1.807) is 14.2 Å². The van der Waals surface area contributed by atoms with Gasteiger partial charge in [0.1, 0.15) is 0 Å². The van der Waals surface area contributed by atoms with Gasteiger partial charge in [-0.15, -0.1) is 0 Å². The lowest BCUT2D eigenvalue weighted by Gasteiger charge is -2.21. The summed E-state index contributed by atoms with van der Waals surface area (Å²) in [5, 5.41) is 7.22. The number of hydrogen-bond donors (Lipinski definition) is 2. The maximum Gasteiger partial charge on any atom is 0.171 e. The summed E-state index contributed by atoms with van der Waals surface area (Å²) in [7, 11) is 3.28. The molecule has 2 aromatic carbocycles. The zero-order chi connectivity index (χ0) is 18.2. The molecule has 0 spiro atoms. The highest BCUT2D eigenvalue weighted by atomic mass is 32.1. The second-order valence-corrected chi connectivity index (χ2v) is 6.13. The van der Waals surface area contributed by atoms with Gasteiger partial charge < -0.3 is 20.1 Å². The number of rotatable bonds is 7. The predicted molar refractivity (Wildman–Crippen MR) is 108 cm³/mol. The van der Waals surface area contributed by atoms with E-state index in [0.29, 0.717) is 10.9 Å². The van der Waals surface area contributed by atoms with Crippen molar-refractivity contribution in [1.29, 1.82) is 0 Å². The van der Waals surface area contributed by atoms with E-state index in [2.05, 4.69) is 36.6 Å². The van der Waals surface area contributed by atoms with Crippen molar-refractivity contribution in [3.8, 4) is 11.5 Å². The van der Waals surface area contributed by atoms with E-state index >= 15 is 0 Å². The molecule has 4 nitrogen and oxygen atoms in total. The SMILES string of the molecule is CCc1ccc(NC(=S)N[C@H](CC)c2ccc(OC)c(OC)c2)cc1. The van der Waals surface area contributed by atoms with Gasteiger partial charge in [-0.05, 0) is 60.5 Å². The second kappa shape index (κ2) is 9.28. The van der Waals surface area contributed by atoms with Crippen LogP contribution in [0.3, 0.4) is 0 Å². The van der Waals surface area contributed by atoms with Crippen molar-refractivity contribution in [2.75, 3.05) is 19.5 Å². The first-order valence-corrected chi connectivity index (χ1v) is 8.90. The average molecular weight is 359 g/mol. The van der Waals surface area contributed by atoms with Crippen molar-refractivity contribution >= 4 is 23.0 Å². The summed E-state index contributed by atoms with van der Waals surface area (Å²) in [5.74, 6) is 1.44. The van der Waals surface area contributed by atoms with Crippen molar-refractivity contribution in [3.05, 3.63) is 53.6 Å². The fraction of sp³-hybridized carbons (Fsp3) is 0.350. The van der Waals surface area contributed by atoms with Gasteiger partial charge in [-0.3, -0.25) is 0 Å².